The number of carboxylic acid groups (broad SMARTS) is 1. The van der Waals surface area contributed by atoms with Gasteiger partial charge in [-0.15, -0.1) is 10.2 Å². The van der Waals surface area contributed by atoms with E-state index in [0.29, 0.717) is 11.6 Å². The first-order valence-corrected chi connectivity index (χ1v) is 7.55. The highest BCUT2D eigenvalue weighted by Crippen LogP contribution is 2.26. The van der Waals surface area contributed by atoms with E-state index < -0.39 is 5.97 Å². The number of aromatic nitrogens is 3. The lowest BCUT2D eigenvalue weighted by molar-refractivity contribution is -0.133. The number of halogens is 1. The molecule has 2 aromatic rings. The SMILES string of the molecule is CCc1nnc(SCC(=O)O)n1C(C)c1ccc(F)cc1. The van der Waals surface area contributed by atoms with Crippen LogP contribution in [0, 0.1) is 5.82 Å². The Morgan fingerprint density at radius 2 is 2.05 bits per heavy atom. The van der Waals surface area contributed by atoms with Crippen LogP contribution in [0.1, 0.15) is 31.3 Å². The second-order valence-corrected chi connectivity index (χ2v) is 5.47. The summed E-state index contributed by atoms with van der Waals surface area (Å²) in [6, 6.07) is 6.15. The summed E-state index contributed by atoms with van der Waals surface area (Å²) in [7, 11) is 0. The number of aliphatic carboxylic acids is 1. The zero-order chi connectivity index (χ0) is 15.4. The van der Waals surface area contributed by atoms with Crippen LogP contribution in [0.3, 0.4) is 0 Å². The largest absolute Gasteiger partial charge is 0.481 e. The van der Waals surface area contributed by atoms with E-state index >= 15 is 0 Å². The van der Waals surface area contributed by atoms with E-state index in [1.165, 1.54) is 12.1 Å². The fourth-order valence-corrected chi connectivity index (χ4v) is 2.81. The van der Waals surface area contributed by atoms with Crippen molar-refractivity contribution in [3.05, 3.63) is 41.5 Å². The second-order valence-electron chi connectivity index (χ2n) is 4.53. The van der Waals surface area contributed by atoms with Crippen molar-refractivity contribution in [2.24, 2.45) is 0 Å². The Hall–Kier alpha value is -1.89. The molecule has 0 fully saturated rings. The summed E-state index contributed by atoms with van der Waals surface area (Å²) in [5.41, 5.74) is 0.920. The first kappa shape index (κ1) is 15.5. The lowest BCUT2D eigenvalue weighted by atomic mass is 10.1. The molecule has 7 heteroatoms. The van der Waals surface area contributed by atoms with Gasteiger partial charge in [0.05, 0.1) is 11.8 Å². The molecular formula is C14H16FN3O2S. The van der Waals surface area contributed by atoms with Gasteiger partial charge < -0.3 is 5.11 Å². The van der Waals surface area contributed by atoms with Gasteiger partial charge in [0, 0.05) is 6.42 Å². The average Bonchev–Trinajstić information content (AvgIpc) is 2.88. The molecule has 112 valence electrons. The van der Waals surface area contributed by atoms with Gasteiger partial charge in [-0.1, -0.05) is 30.8 Å². The monoisotopic (exact) mass is 309 g/mol. The molecule has 21 heavy (non-hydrogen) atoms. The van der Waals surface area contributed by atoms with E-state index in [0.717, 1.165) is 23.1 Å². The van der Waals surface area contributed by atoms with Gasteiger partial charge in [-0.3, -0.25) is 9.36 Å². The third kappa shape index (κ3) is 3.60. The van der Waals surface area contributed by atoms with Crippen LogP contribution in [-0.2, 0) is 11.2 Å². The molecule has 1 atom stereocenters. The minimum absolute atomic E-state index is 0.0714. The highest BCUT2D eigenvalue weighted by atomic mass is 32.2. The Labute approximate surface area is 126 Å². The van der Waals surface area contributed by atoms with E-state index in [-0.39, 0.29) is 17.6 Å². The quantitative estimate of drug-likeness (QED) is 0.831. The number of rotatable bonds is 6. The fourth-order valence-electron chi connectivity index (χ4n) is 2.05. The van der Waals surface area contributed by atoms with Crippen LogP contribution in [0.25, 0.3) is 0 Å². The highest BCUT2D eigenvalue weighted by Gasteiger charge is 2.19. The molecule has 0 radical (unpaired) electrons. The van der Waals surface area contributed by atoms with Crippen molar-refractivity contribution < 1.29 is 14.3 Å². The first-order chi connectivity index (χ1) is 10.0. The highest BCUT2D eigenvalue weighted by molar-refractivity contribution is 7.99. The Kier molecular flexibility index (Phi) is 4.95. The summed E-state index contributed by atoms with van der Waals surface area (Å²) >= 11 is 1.13. The summed E-state index contributed by atoms with van der Waals surface area (Å²) in [4.78, 5) is 10.7. The minimum Gasteiger partial charge on any atom is -0.481 e. The predicted octanol–water partition coefficient (Wildman–Crippen LogP) is 2.77. The van der Waals surface area contributed by atoms with Crippen LogP contribution in [-0.4, -0.2) is 31.6 Å². The number of benzene rings is 1. The summed E-state index contributed by atoms with van der Waals surface area (Å²) < 4.78 is 14.9. The Morgan fingerprint density at radius 3 is 2.62 bits per heavy atom. The molecule has 0 aliphatic heterocycles. The smallest absolute Gasteiger partial charge is 0.313 e. The topological polar surface area (TPSA) is 68.0 Å². The second kappa shape index (κ2) is 6.71. The van der Waals surface area contributed by atoms with Gasteiger partial charge in [0.1, 0.15) is 11.6 Å². The number of aryl methyl sites for hydroxylation is 1. The number of carbonyl (C=O) groups is 1. The lowest BCUT2D eigenvalue weighted by Crippen LogP contribution is -2.12. The third-order valence-corrected chi connectivity index (χ3v) is 4.04. The van der Waals surface area contributed by atoms with Crippen LogP contribution >= 0.6 is 11.8 Å². The number of carboxylic acids is 1. The molecule has 0 bridgehead atoms. The zero-order valence-corrected chi connectivity index (χ0v) is 12.6. The van der Waals surface area contributed by atoms with E-state index in [1.807, 2.05) is 18.4 Å². The molecule has 0 saturated carbocycles. The fraction of sp³-hybridized carbons (Fsp3) is 0.357. The first-order valence-electron chi connectivity index (χ1n) is 6.56. The van der Waals surface area contributed by atoms with Crippen LogP contribution in [0.4, 0.5) is 4.39 Å². The maximum absolute atomic E-state index is 13.0. The van der Waals surface area contributed by atoms with Crippen LogP contribution in [0.5, 0.6) is 0 Å². The Balaban J connectivity index is 2.33. The minimum atomic E-state index is -0.901. The van der Waals surface area contributed by atoms with Crippen molar-refractivity contribution >= 4 is 17.7 Å². The van der Waals surface area contributed by atoms with Gasteiger partial charge >= 0.3 is 5.97 Å². The van der Waals surface area contributed by atoms with Crippen LogP contribution < -0.4 is 0 Å². The van der Waals surface area contributed by atoms with Gasteiger partial charge in [-0.2, -0.15) is 0 Å². The molecule has 0 saturated heterocycles. The molecule has 1 heterocycles. The van der Waals surface area contributed by atoms with Crippen molar-refractivity contribution in [1.82, 2.24) is 14.8 Å². The third-order valence-electron chi connectivity index (χ3n) is 3.12. The van der Waals surface area contributed by atoms with Gasteiger partial charge in [-0.25, -0.2) is 4.39 Å². The lowest BCUT2D eigenvalue weighted by Gasteiger charge is -2.18. The van der Waals surface area contributed by atoms with Crippen molar-refractivity contribution in [3.8, 4) is 0 Å². The van der Waals surface area contributed by atoms with E-state index in [1.54, 1.807) is 12.1 Å². The Bertz CT molecular complexity index is 628. The molecule has 1 aromatic carbocycles. The summed E-state index contributed by atoms with van der Waals surface area (Å²) in [5, 5.41) is 17.5. The van der Waals surface area contributed by atoms with Gasteiger partial charge in [0.25, 0.3) is 0 Å². The van der Waals surface area contributed by atoms with E-state index in [2.05, 4.69) is 10.2 Å². The van der Waals surface area contributed by atoms with Gasteiger partial charge in [0.2, 0.25) is 0 Å². The standard InChI is InChI=1S/C14H16FN3O2S/c1-3-12-16-17-14(21-8-13(19)20)18(12)9(2)10-4-6-11(15)7-5-10/h4-7,9H,3,8H2,1-2H3,(H,19,20). The summed E-state index contributed by atoms with van der Waals surface area (Å²) in [5.74, 6) is -0.481. The molecular weight excluding hydrogens is 293 g/mol. The Morgan fingerprint density at radius 1 is 1.38 bits per heavy atom. The van der Waals surface area contributed by atoms with Crippen molar-refractivity contribution in [3.63, 3.8) is 0 Å². The molecule has 1 N–H and O–H groups in total. The van der Waals surface area contributed by atoms with Crippen molar-refractivity contribution in [2.45, 2.75) is 31.5 Å². The number of thioether (sulfide) groups is 1. The van der Waals surface area contributed by atoms with E-state index in [9.17, 15) is 9.18 Å². The van der Waals surface area contributed by atoms with Gasteiger partial charge in [-0.05, 0) is 24.6 Å². The maximum Gasteiger partial charge on any atom is 0.313 e. The average molecular weight is 309 g/mol. The predicted molar refractivity (Wildman–Crippen MR) is 78.0 cm³/mol. The van der Waals surface area contributed by atoms with Crippen molar-refractivity contribution in [1.29, 1.82) is 0 Å². The summed E-state index contributed by atoms with van der Waals surface area (Å²) in [6.45, 7) is 3.92. The molecule has 1 aromatic heterocycles. The molecule has 0 aliphatic rings. The zero-order valence-electron chi connectivity index (χ0n) is 11.8. The van der Waals surface area contributed by atoms with Crippen molar-refractivity contribution in [2.75, 3.05) is 5.75 Å². The molecule has 0 aliphatic carbocycles. The number of hydrogen-bond acceptors (Lipinski definition) is 4. The number of hydrogen-bond donors (Lipinski definition) is 1. The molecule has 2 rings (SSSR count). The number of nitrogens with zero attached hydrogens (tertiary/aromatic N) is 3. The molecule has 0 amide bonds. The molecule has 5 nitrogen and oxygen atoms in total. The molecule has 0 spiro atoms. The van der Waals surface area contributed by atoms with Crippen LogP contribution in [0.15, 0.2) is 29.4 Å². The molecule has 1 unspecified atom stereocenters. The maximum atomic E-state index is 13.0. The van der Waals surface area contributed by atoms with Gasteiger partial charge in [0.15, 0.2) is 5.16 Å². The van der Waals surface area contributed by atoms with Crippen LogP contribution in [0.2, 0.25) is 0 Å². The normalized spacial score (nSPS) is 12.3. The summed E-state index contributed by atoms with van der Waals surface area (Å²) in [6.07, 6.45) is 0.687. The van der Waals surface area contributed by atoms with E-state index in [4.69, 9.17) is 5.11 Å².